The third-order valence-electron chi connectivity index (χ3n) is 7.76. The first-order valence-corrected chi connectivity index (χ1v) is 14.2. The quantitative estimate of drug-likeness (QED) is 0.250. The van der Waals surface area contributed by atoms with Crippen molar-refractivity contribution in [2.45, 2.75) is 49.6 Å². The number of aromatic nitrogens is 1. The van der Waals surface area contributed by atoms with E-state index in [4.69, 9.17) is 10.5 Å². The molecule has 4 N–H and O–H groups in total. The minimum Gasteiger partial charge on any atom is -0.497 e. The van der Waals surface area contributed by atoms with Gasteiger partial charge in [0.15, 0.2) is 0 Å². The number of ether oxygens (including phenoxy) is 1. The highest BCUT2D eigenvalue weighted by atomic mass is 32.2. The van der Waals surface area contributed by atoms with Crippen LogP contribution in [0.3, 0.4) is 0 Å². The van der Waals surface area contributed by atoms with E-state index in [-0.39, 0.29) is 17.9 Å². The van der Waals surface area contributed by atoms with Gasteiger partial charge < -0.3 is 25.6 Å². The number of thioether (sulfide) groups is 1. The third-order valence-corrected chi connectivity index (χ3v) is 8.83. The maximum Gasteiger partial charge on any atom is 0.303 e. The largest absolute Gasteiger partial charge is 0.497 e. The molecule has 0 aliphatic carbocycles. The molecule has 0 spiro atoms. The lowest BCUT2D eigenvalue weighted by Crippen LogP contribution is -2.42. The average Bonchev–Trinajstić information content (AvgIpc) is 2.92. The van der Waals surface area contributed by atoms with Crippen molar-refractivity contribution >= 4 is 28.6 Å². The molecular weight excluding hydrogens is 543 g/mol. The van der Waals surface area contributed by atoms with Gasteiger partial charge in [-0.15, -0.1) is 11.8 Å². The number of methoxy groups -OCH3 is 1. The van der Waals surface area contributed by atoms with Gasteiger partial charge >= 0.3 is 5.97 Å². The van der Waals surface area contributed by atoms with Gasteiger partial charge in [0.2, 0.25) is 0 Å². The first kappa shape index (κ1) is 30.1. The molecule has 2 aromatic carbocycles. The molecule has 7 nitrogen and oxygen atoms in total. The molecule has 40 heavy (non-hydrogen) atoms. The predicted molar refractivity (Wildman–Crippen MR) is 148 cm³/mol. The summed E-state index contributed by atoms with van der Waals surface area (Å²) in [5.41, 5.74) is 7.60. The van der Waals surface area contributed by atoms with Crippen molar-refractivity contribution in [3.63, 3.8) is 0 Å². The van der Waals surface area contributed by atoms with Crippen molar-refractivity contribution in [2.24, 2.45) is 11.1 Å². The molecule has 1 aliphatic heterocycles. The monoisotopic (exact) mass is 577 g/mol. The summed E-state index contributed by atoms with van der Waals surface area (Å²) in [6.07, 6.45) is 2.89. The molecule has 0 bridgehead atoms. The Balaban J connectivity index is 1.41. The zero-order valence-corrected chi connectivity index (χ0v) is 23.2. The number of piperidine rings is 1. The number of hydrogen-bond donors (Lipinski definition) is 3. The fourth-order valence-electron chi connectivity index (χ4n) is 5.53. The van der Waals surface area contributed by atoms with E-state index in [9.17, 15) is 28.2 Å². The lowest BCUT2D eigenvalue weighted by atomic mass is 9.71. The number of aliphatic carboxylic acids is 1. The summed E-state index contributed by atoms with van der Waals surface area (Å²) in [5.74, 6) is -2.63. The minimum absolute atomic E-state index is 0.0109. The smallest absolute Gasteiger partial charge is 0.303 e. The SMILES string of the molecule is COc1ccc2ncc(CN)c([C@@H](O)CCC3(CC(=O)O)CCN(CCSc4c(F)cc(F)cc4F)CC3)c2c1. The maximum absolute atomic E-state index is 13.9. The van der Waals surface area contributed by atoms with Gasteiger partial charge in [0.1, 0.15) is 23.2 Å². The summed E-state index contributed by atoms with van der Waals surface area (Å²) in [5, 5.41) is 21.8. The molecule has 0 saturated carbocycles. The van der Waals surface area contributed by atoms with Crippen LogP contribution in [-0.4, -0.2) is 58.6 Å². The lowest BCUT2D eigenvalue weighted by Gasteiger charge is -2.41. The van der Waals surface area contributed by atoms with E-state index in [1.54, 1.807) is 19.4 Å². The molecule has 1 atom stereocenters. The van der Waals surface area contributed by atoms with Crippen molar-refractivity contribution in [1.29, 1.82) is 0 Å². The number of aliphatic hydroxyl groups excluding tert-OH is 1. The number of hydrogen-bond acceptors (Lipinski definition) is 7. The Morgan fingerprint density at radius 1 is 1.20 bits per heavy atom. The van der Waals surface area contributed by atoms with E-state index < -0.39 is 34.9 Å². The topological polar surface area (TPSA) is 109 Å². The van der Waals surface area contributed by atoms with Crippen LogP contribution in [0.15, 0.2) is 41.4 Å². The number of likely N-dealkylation sites (tertiary alicyclic amines) is 1. The number of fused-ring (bicyclic) bond motifs is 1. The van der Waals surface area contributed by atoms with Crippen LogP contribution in [0.1, 0.15) is 49.3 Å². The number of aliphatic hydroxyl groups is 1. The van der Waals surface area contributed by atoms with Crippen LogP contribution < -0.4 is 10.5 Å². The van der Waals surface area contributed by atoms with Crippen LogP contribution in [0.2, 0.25) is 0 Å². The van der Waals surface area contributed by atoms with Gasteiger partial charge in [-0.05, 0) is 73.5 Å². The molecule has 11 heteroatoms. The standard InChI is InChI=1S/C29H34F3N3O4S/c1-39-20-2-3-24-21(14-20)27(18(16-33)17-34-24)25(36)4-5-29(15-26(37)38)6-8-35(9-7-29)10-11-40-28-22(31)12-19(30)13-23(28)32/h2-3,12-14,17,25,36H,4-11,15-16,33H2,1H3,(H,37,38)/t25-/m0/s1. The molecule has 2 heterocycles. The molecule has 0 radical (unpaired) electrons. The van der Waals surface area contributed by atoms with E-state index >= 15 is 0 Å². The molecule has 1 aliphatic rings. The van der Waals surface area contributed by atoms with Crippen molar-refractivity contribution < 1.29 is 32.9 Å². The minimum atomic E-state index is -0.952. The van der Waals surface area contributed by atoms with E-state index in [0.29, 0.717) is 80.0 Å². The van der Waals surface area contributed by atoms with E-state index in [1.807, 2.05) is 12.1 Å². The summed E-state index contributed by atoms with van der Waals surface area (Å²) in [4.78, 5) is 18.2. The van der Waals surface area contributed by atoms with Gasteiger partial charge in [0, 0.05) is 42.6 Å². The zero-order chi connectivity index (χ0) is 28.9. The van der Waals surface area contributed by atoms with Gasteiger partial charge in [-0.2, -0.15) is 0 Å². The molecule has 3 aromatic rings. The fourth-order valence-corrected chi connectivity index (χ4v) is 6.48. The number of pyridine rings is 1. The number of carboxylic acid groups (broad SMARTS) is 1. The second-order valence-corrected chi connectivity index (χ2v) is 11.4. The van der Waals surface area contributed by atoms with Gasteiger partial charge in [0.05, 0.1) is 30.0 Å². The second kappa shape index (κ2) is 13.2. The highest BCUT2D eigenvalue weighted by Crippen LogP contribution is 2.42. The Labute approximate surface area is 235 Å². The van der Waals surface area contributed by atoms with Crippen LogP contribution in [0.4, 0.5) is 13.2 Å². The maximum atomic E-state index is 13.9. The van der Waals surface area contributed by atoms with Crippen LogP contribution in [-0.2, 0) is 11.3 Å². The first-order chi connectivity index (χ1) is 19.1. The first-order valence-electron chi connectivity index (χ1n) is 13.2. The number of nitrogens with zero attached hydrogens (tertiary/aromatic N) is 2. The lowest BCUT2D eigenvalue weighted by molar-refractivity contribution is -0.141. The van der Waals surface area contributed by atoms with E-state index in [2.05, 4.69) is 9.88 Å². The third kappa shape index (κ3) is 7.06. The normalized spacial score (nSPS) is 16.2. The second-order valence-electron chi connectivity index (χ2n) is 10.3. The molecule has 216 valence electrons. The zero-order valence-electron chi connectivity index (χ0n) is 22.3. The van der Waals surface area contributed by atoms with Crippen molar-refractivity contribution in [3.8, 4) is 5.75 Å². The van der Waals surface area contributed by atoms with E-state index in [1.165, 1.54) is 0 Å². The van der Waals surface area contributed by atoms with Gasteiger partial charge in [0.25, 0.3) is 0 Å². The van der Waals surface area contributed by atoms with Crippen molar-refractivity contribution in [3.05, 3.63) is 65.1 Å². The predicted octanol–water partition coefficient (Wildman–Crippen LogP) is 5.28. The van der Waals surface area contributed by atoms with Gasteiger partial charge in [-0.25, -0.2) is 13.2 Å². The van der Waals surface area contributed by atoms with Crippen LogP contribution in [0, 0.1) is 22.9 Å². The number of carbonyl (C=O) groups is 1. The number of benzene rings is 2. The number of carboxylic acids is 1. The van der Waals surface area contributed by atoms with Gasteiger partial charge in [-0.1, -0.05) is 0 Å². The Kier molecular flexibility index (Phi) is 9.94. The Morgan fingerprint density at radius 3 is 2.52 bits per heavy atom. The van der Waals surface area contributed by atoms with Crippen LogP contribution >= 0.6 is 11.8 Å². The fraction of sp³-hybridized carbons (Fsp3) is 0.448. The summed E-state index contributed by atoms with van der Waals surface area (Å²) >= 11 is 0.995. The van der Waals surface area contributed by atoms with E-state index in [0.717, 1.165) is 22.7 Å². The van der Waals surface area contributed by atoms with Gasteiger partial charge in [-0.3, -0.25) is 9.78 Å². The Morgan fingerprint density at radius 2 is 1.90 bits per heavy atom. The molecule has 0 unspecified atom stereocenters. The highest BCUT2D eigenvalue weighted by molar-refractivity contribution is 7.99. The molecular formula is C29H34F3N3O4S. The summed E-state index contributed by atoms with van der Waals surface area (Å²) < 4.78 is 46.4. The molecule has 1 aromatic heterocycles. The molecule has 4 rings (SSSR count). The number of nitrogens with two attached hydrogens (primary N) is 1. The Bertz CT molecular complexity index is 1320. The summed E-state index contributed by atoms with van der Waals surface area (Å²) in [6, 6.07) is 6.79. The molecule has 0 amide bonds. The molecule has 1 saturated heterocycles. The highest BCUT2D eigenvalue weighted by Gasteiger charge is 2.37. The Hall–Kier alpha value is -2.86. The van der Waals surface area contributed by atoms with Crippen molar-refractivity contribution in [2.75, 3.05) is 32.5 Å². The number of rotatable bonds is 12. The average molecular weight is 578 g/mol. The van der Waals surface area contributed by atoms with Crippen LogP contribution in [0.25, 0.3) is 10.9 Å². The van der Waals surface area contributed by atoms with Crippen LogP contribution in [0.5, 0.6) is 5.75 Å². The molecule has 1 fully saturated rings. The van der Waals surface area contributed by atoms with Crippen molar-refractivity contribution in [1.82, 2.24) is 9.88 Å². The number of halogens is 3. The summed E-state index contributed by atoms with van der Waals surface area (Å²) in [7, 11) is 1.57. The summed E-state index contributed by atoms with van der Waals surface area (Å²) in [6.45, 7) is 2.01.